The molecule has 0 saturated heterocycles. The van der Waals surface area contributed by atoms with Crippen LogP contribution < -0.4 is 0 Å². The molecule has 0 saturated carbocycles. The van der Waals surface area contributed by atoms with Crippen LogP contribution in [0.3, 0.4) is 0 Å². The van der Waals surface area contributed by atoms with E-state index >= 15 is 0 Å². The molecule has 2 aromatic rings. The van der Waals surface area contributed by atoms with Crippen molar-refractivity contribution >= 4 is 11.0 Å². The molecule has 2 heterocycles. The van der Waals surface area contributed by atoms with Gasteiger partial charge in [0.15, 0.2) is 0 Å². The Kier molecular flexibility index (Phi) is 4.94. The van der Waals surface area contributed by atoms with Gasteiger partial charge in [-0.3, -0.25) is 0 Å². The summed E-state index contributed by atoms with van der Waals surface area (Å²) >= 11 is 0. The number of nitrogens with zero attached hydrogens (tertiary/aromatic N) is 4. The van der Waals surface area contributed by atoms with Crippen molar-refractivity contribution in [1.82, 2.24) is 19.7 Å². The van der Waals surface area contributed by atoms with Crippen LogP contribution in [-0.4, -0.2) is 19.7 Å². The maximum Gasteiger partial charge on any atom is 0.0649 e. The van der Waals surface area contributed by atoms with Crippen LogP contribution in [0.25, 0.3) is 11.0 Å². The van der Waals surface area contributed by atoms with Crippen molar-refractivity contribution in [1.29, 1.82) is 0 Å². The first-order valence-electron chi connectivity index (χ1n) is 3.24. The van der Waals surface area contributed by atoms with E-state index in [4.69, 9.17) is 0 Å². The van der Waals surface area contributed by atoms with Gasteiger partial charge in [-0.2, -0.15) is 12.4 Å². The number of fused-ring (bicyclic) bond motifs is 1. The van der Waals surface area contributed by atoms with E-state index in [9.17, 15) is 0 Å². The molecule has 2 aromatic heterocycles. The van der Waals surface area contributed by atoms with Gasteiger partial charge in [-0.25, -0.2) is 11.0 Å². The zero-order valence-corrected chi connectivity index (χ0v) is 13.0. The van der Waals surface area contributed by atoms with Gasteiger partial charge in [0, 0.05) is 42.1 Å². The van der Waals surface area contributed by atoms with Crippen LogP contribution in [0, 0.1) is 19.3 Å². The molecule has 0 spiro atoms. The zero-order valence-electron chi connectivity index (χ0n) is 7.11. The van der Waals surface area contributed by atoms with Crippen molar-refractivity contribution in [3.63, 3.8) is 0 Å². The van der Waals surface area contributed by atoms with Gasteiger partial charge in [-0.05, 0) is 14.0 Å². The minimum absolute atomic E-state index is 0. The smallest absolute Gasteiger partial charge is 0.0649 e. The molecule has 0 fully saturated rings. The van der Waals surface area contributed by atoms with Gasteiger partial charge in [-0.15, -0.1) is 0 Å². The number of hydrogen-bond donors (Lipinski definition) is 0. The number of aryl methyl sites for hydroxylation is 2. The molecule has 0 aliphatic carbocycles. The summed E-state index contributed by atoms with van der Waals surface area (Å²) in [6, 6.07) is 0. The van der Waals surface area contributed by atoms with Gasteiger partial charge in [-0.1, -0.05) is 0 Å². The van der Waals surface area contributed by atoms with Crippen molar-refractivity contribution in [2.45, 2.75) is 6.92 Å². The predicted octanol–water partition coefficient (Wildman–Crippen LogP) is 0.267. The molecular formula is C7H6N4W2-2. The first-order valence-corrected chi connectivity index (χ1v) is 3.24. The van der Waals surface area contributed by atoms with Gasteiger partial charge in [0.05, 0.1) is 5.82 Å². The monoisotopic (exact) mass is 514 g/mol. The quantitative estimate of drug-likeness (QED) is 0.475. The first kappa shape index (κ1) is 12.9. The molecule has 0 aromatic carbocycles. The Morgan fingerprint density at radius 1 is 1.15 bits per heavy atom. The summed E-state index contributed by atoms with van der Waals surface area (Å²) in [5.74, 6) is 0.919. The van der Waals surface area contributed by atoms with E-state index in [1.54, 1.807) is 0 Å². The Morgan fingerprint density at radius 3 is 2.38 bits per heavy atom. The Bertz CT molecular complexity index is 398. The van der Waals surface area contributed by atoms with E-state index in [1.165, 1.54) is 0 Å². The minimum Gasteiger partial charge on any atom is -0.444 e. The molecule has 0 atom stereocenters. The summed E-state index contributed by atoms with van der Waals surface area (Å²) in [6.45, 7) is 1.92. The topological polar surface area (TPSA) is 43.6 Å². The van der Waals surface area contributed by atoms with Crippen molar-refractivity contribution in [2.24, 2.45) is 7.05 Å². The van der Waals surface area contributed by atoms with Gasteiger partial charge < -0.3 is 19.7 Å². The maximum absolute atomic E-state index is 4.19. The second-order valence-corrected chi connectivity index (χ2v) is 2.34. The Labute approximate surface area is 105 Å². The van der Waals surface area contributed by atoms with E-state index < -0.39 is 0 Å². The van der Waals surface area contributed by atoms with Crippen LogP contribution in [0.15, 0.2) is 0 Å². The van der Waals surface area contributed by atoms with E-state index in [1.807, 2.05) is 18.5 Å². The van der Waals surface area contributed by atoms with Gasteiger partial charge in [0.25, 0.3) is 0 Å². The molecule has 0 aliphatic heterocycles. The van der Waals surface area contributed by atoms with Crippen molar-refractivity contribution in [2.75, 3.05) is 0 Å². The van der Waals surface area contributed by atoms with E-state index in [-0.39, 0.29) is 42.1 Å². The zero-order chi connectivity index (χ0) is 7.84. The average molecular weight is 514 g/mol. The van der Waals surface area contributed by atoms with Gasteiger partial charge in [0.2, 0.25) is 0 Å². The standard InChI is InChI=1S/C7H6N4.2W/c1-5-10-6-3-8-9-4-7(6)11(5)2;;/h1-2H3;;/q-2;;. The number of aromatic nitrogens is 4. The predicted molar refractivity (Wildman–Crippen MR) is 38.7 cm³/mol. The Balaban J connectivity index is 0.000000720. The summed E-state index contributed by atoms with van der Waals surface area (Å²) in [4.78, 5) is 4.19. The van der Waals surface area contributed by atoms with Gasteiger partial charge in [0.1, 0.15) is 0 Å². The van der Waals surface area contributed by atoms with Crippen LogP contribution in [0.2, 0.25) is 0 Å². The first-order chi connectivity index (χ1) is 5.29. The Hall–Kier alpha value is -0.0734. The molecule has 0 N–H and O–H groups in total. The third kappa shape index (κ3) is 2.24. The molecular weight excluding hydrogens is 508 g/mol. The normalized spacial score (nSPS) is 9.08. The third-order valence-corrected chi connectivity index (χ3v) is 1.68. The second kappa shape index (κ2) is 4.97. The summed E-state index contributed by atoms with van der Waals surface area (Å²) in [6.07, 6.45) is 5.44. The molecule has 6 heteroatoms. The fourth-order valence-electron chi connectivity index (χ4n) is 0.961. The van der Waals surface area contributed by atoms with E-state index in [0.717, 1.165) is 16.9 Å². The molecule has 4 nitrogen and oxygen atoms in total. The fourth-order valence-corrected chi connectivity index (χ4v) is 0.961. The van der Waals surface area contributed by atoms with Crippen molar-refractivity contribution < 1.29 is 42.1 Å². The van der Waals surface area contributed by atoms with Crippen LogP contribution >= 0.6 is 0 Å². The summed E-state index contributed by atoms with van der Waals surface area (Å²) in [7, 11) is 1.91. The minimum atomic E-state index is 0. The van der Waals surface area contributed by atoms with Crippen molar-refractivity contribution in [3.8, 4) is 0 Å². The number of imidazole rings is 1. The Morgan fingerprint density at radius 2 is 1.77 bits per heavy atom. The third-order valence-electron chi connectivity index (χ3n) is 1.68. The second-order valence-electron chi connectivity index (χ2n) is 2.34. The van der Waals surface area contributed by atoms with Crippen LogP contribution in [0.1, 0.15) is 5.82 Å². The molecule has 2 rings (SSSR count). The maximum atomic E-state index is 4.19. The van der Waals surface area contributed by atoms with E-state index in [2.05, 4.69) is 27.6 Å². The molecule has 0 amide bonds. The summed E-state index contributed by atoms with van der Waals surface area (Å²) < 4.78 is 1.90. The summed E-state index contributed by atoms with van der Waals surface area (Å²) in [5, 5.41) is 7.16. The SMILES string of the molecule is Cc1nc2[c-]nn[c-]c2n1C.[W].[W]. The molecule has 0 bridgehead atoms. The van der Waals surface area contributed by atoms with Crippen LogP contribution in [0.4, 0.5) is 0 Å². The molecule has 0 unspecified atom stereocenters. The fraction of sp³-hybridized carbons (Fsp3) is 0.286. The number of hydrogen-bond acceptors (Lipinski definition) is 3. The molecule has 0 aliphatic rings. The van der Waals surface area contributed by atoms with Gasteiger partial charge >= 0.3 is 0 Å². The largest absolute Gasteiger partial charge is 0.444 e. The van der Waals surface area contributed by atoms with Crippen LogP contribution in [-0.2, 0) is 49.2 Å². The molecule has 68 valence electrons. The summed E-state index contributed by atoms with van der Waals surface area (Å²) in [5.41, 5.74) is 1.57. The van der Waals surface area contributed by atoms with E-state index in [0.29, 0.717) is 0 Å². The van der Waals surface area contributed by atoms with Crippen molar-refractivity contribution in [3.05, 3.63) is 18.2 Å². The average Bonchev–Trinajstić information content (AvgIpc) is 2.30. The van der Waals surface area contributed by atoms with Crippen LogP contribution in [0.5, 0.6) is 0 Å². The molecule has 13 heavy (non-hydrogen) atoms. The number of rotatable bonds is 0. The molecule has 0 radical (unpaired) electrons.